The van der Waals surface area contributed by atoms with E-state index in [1.807, 2.05) is 19.1 Å². The van der Waals surface area contributed by atoms with Crippen molar-refractivity contribution in [1.29, 1.82) is 0 Å². The lowest BCUT2D eigenvalue weighted by molar-refractivity contribution is 0.0963. The Balaban J connectivity index is 1.50. The summed E-state index contributed by atoms with van der Waals surface area (Å²) >= 11 is 0. The number of nitrogens with one attached hydrogen (secondary N) is 2. The van der Waals surface area contributed by atoms with E-state index in [2.05, 4.69) is 22.8 Å². The number of carbonyl (C=O) groups excluding carboxylic acids is 1. The Morgan fingerprint density at radius 2 is 2.00 bits per heavy atom. The predicted octanol–water partition coefficient (Wildman–Crippen LogP) is 2.70. The molecule has 7 nitrogen and oxygen atoms in total. The summed E-state index contributed by atoms with van der Waals surface area (Å²) in [5.74, 6) is 1.80. The van der Waals surface area contributed by atoms with Crippen molar-refractivity contribution < 1.29 is 13.9 Å². The third-order valence-corrected chi connectivity index (χ3v) is 4.92. The molecule has 27 heavy (non-hydrogen) atoms. The van der Waals surface area contributed by atoms with E-state index in [0.717, 1.165) is 43.8 Å². The molecule has 0 aromatic carbocycles. The zero-order valence-corrected chi connectivity index (χ0v) is 16.0. The zero-order valence-electron chi connectivity index (χ0n) is 16.0. The van der Waals surface area contributed by atoms with Crippen LogP contribution in [0.2, 0.25) is 0 Å². The molecule has 148 valence electrons. The summed E-state index contributed by atoms with van der Waals surface area (Å²) in [7, 11) is 0. The number of nitrogens with zero attached hydrogens (tertiary/aromatic N) is 2. The molecule has 0 bridgehead atoms. The first kappa shape index (κ1) is 19.3. The van der Waals surface area contributed by atoms with Crippen LogP contribution < -0.4 is 10.6 Å². The molecular formula is C20H30N4O3. The third-order valence-electron chi connectivity index (χ3n) is 4.92. The largest absolute Gasteiger partial charge is 0.469 e. The molecule has 3 rings (SSSR count). The lowest BCUT2D eigenvalue weighted by Gasteiger charge is -2.32. The molecule has 1 saturated heterocycles. The molecule has 2 aliphatic rings. The van der Waals surface area contributed by atoms with Crippen LogP contribution in [0.3, 0.4) is 0 Å². The number of hydrogen-bond donors (Lipinski definition) is 2. The number of hydrogen-bond acceptors (Lipinski definition) is 4. The van der Waals surface area contributed by atoms with Gasteiger partial charge in [-0.1, -0.05) is 12.2 Å². The highest BCUT2D eigenvalue weighted by Crippen LogP contribution is 2.13. The highest BCUT2D eigenvalue weighted by Gasteiger charge is 2.24. The number of furan rings is 1. The Labute approximate surface area is 160 Å². The van der Waals surface area contributed by atoms with Gasteiger partial charge in [0.15, 0.2) is 5.96 Å². The minimum atomic E-state index is -0.210. The van der Waals surface area contributed by atoms with Crippen LogP contribution >= 0.6 is 0 Å². The quantitative estimate of drug-likeness (QED) is 0.455. The Bertz CT molecular complexity index is 626. The van der Waals surface area contributed by atoms with Gasteiger partial charge in [0.05, 0.1) is 12.9 Å². The Kier molecular flexibility index (Phi) is 7.19. The van der Waals surface area contributed by atoms with Crippen LogP contribution in [0.1, 0.15) is 38.4 Å². The topological polar surface area (TPSA) is 79.1 Å². The summed E-state index contributed by atoms with van der Waals surface area (Å²) in [4.78, 5) is 18.4. The van der Waals surface area contributed by atoms with Gasteiger partial charge in [0.25, 0.3) is 0 Å². The first-order valence-corrected chi connectivity index (χ1v) is 9.91. The van der Waals surface area contributed by atoms with Crippen LogP contribution in [0, 0.1) is 0 Å². The van der Waals surface area contributed by atoms with Gasteiger partial charge in [-0.25, -0.2) is 4.79 Å². The number of likely N-dealkylation sites (tertiary alicyclic amines) is 1. The minimum Gasteiger partial charge on any atom is -0.469 e. The summed E-state index contributed by atoms with van der Waals surface area (Å²) in [6.07, 6.45) is 10.5. The fourth-order valence-electron chi connectivity index (χ4n) is 3.41. The maximum atomic E-state index is 11.8. The SMILES string of the molecule is CCOC(=O)N1CCC(NC(=NCCc2ccco2)NC2CC=CC2)CC1. The van der Waals surface area contributed by atoms with E-state index in [4.69, 9.17) is 14.1 Å². The minimum absolute atomic E-state index is 0.210. The fourth-order valence-corrected chi connectivity index (χ4v) is 3.41. The van der Waals surface area contributed by atoms with Crippen molar-refractivity contribution >= 4 is 12.1 Å². The Morgan fingerprint density at radius 3 is 2.67 bits per heavy atom. The zero-order chi connectivity index (χ0) is 18.9. The molecule has 2 N–H and O–H groups in total. The third kappa shape index (κ3) is 6.05. The normalized spacial score (nSPS) is 18.7. The summed E-state index contributed by atoms with van der Waals surface area (Å²) in [6.45, 7) is 4.34. The first-order valence-electron chi connectivity index (χ1n) is 9.91. The van der Waals surface area contributed by atoms with E-state index in [1.54, 1.807) is 11.2 Å². The van der Waals surface area contributed by atoms with Gasteiger partial charge in [-0.2, -0.15) is 0 Å². The summed E-state index contributed by atoms with van der Waals surface area (Å²) < 4.78 is 10.5. The van der Waals surface area contributed by atoms with Crippen LogP contribution in [0.15, 0.2) is 40.0 Å². The van der Waals surface area contributed by atoms with E-state index in [9.17, 15) is 4.79 Å². The van der Waals surface area contributed by atoms with Gasteiger partial charge in [0, 0.05) is 38.1 Å². The highest BCUT2D eigenvalue weighted by atomic mass is 16.6. The molecule has 2 heterocycles. The molecule has 1 aliphatic heterocycles. The molecule has 1 aliphatic carbocycles. The monoisotopic (exact) mass is 374 g/mol. The lowest BCUT2D eigenvalue weighted by Crippen LogP contribution is -2.51. The molecule has 1 aromatic rings. The highest BCUT2D eigenvalue weighted by molar-refractivity contribution is 5.80. The van der Waals surface area contributed by atoms with Gasteiger partial charge >= 0.3 is 6.09 Å². The Morgan fingerprint density at radius 1 is 1.26 bits per heavy atom. The average Bonchev–Trinajstić information content (AvgIpc) is 3.36. The molecule has 1 amide bonds. The first-order chi connectivity index (χ1) is 13.2. The number of guanidine groups is 1. The van der Waals surface area contributed by atoms with E-state index in [1.165, 1.54) is 0 Å². The fraction of sp³-hybridized carbons (Fsp3) is 0.600. The van der Waals surface area contributed by atoms with Gasteiger partial charge in [0.1, 0.15) is 5.76 Å². The molecule has 0 unspecified atom stereocenters. The maximum Gasteiger partial charge on any atom is 0.409 e. The standard InChI is InChI=1S/C20H30N4O3/c1-2-26-20(25)24-13-10-17(11-14-24)23-19(22-16-6-3-4-7-16)21-12-9-18-8-5-15-27-18/h3-5,8,15-17H,2,6-7,9-14H2,1H3,(H2,21,22,23). The number of carbonyl (C=O) groups is 1. The number of amides is 1. The second-order valence-corrected chi connectivity index (χ2v) is 6.95. The summed E-state index contributed by atoms with van der Waals surface area (Å²) in [6, 6.07) is 4.58. The van der Waals surface area contributed by atoms with Gasteiger partial charge in [0.2, 0.25) is 0 Å². The maximum absolute atomic E-state index is 11.8. The number of piperidine rings is 1. The van der Waals surface area contributed by atoms with Crippen LogP contribution in [-0.2, 0) is 11.2 Å². The number of rotatable bonds is 6. The van der Waals surface area contributed by atoms with Crippen molar-refractivity contribution in [2.45, 2.75) is 51.1 Å². The molecule has 0 saturated carbocycles. The van der Waals surface area contributed by atoms with Crippen molar-refractivity contribution in [2.75, 3.05) is 26.2 Å². The summed E-state index contributed by atoms with van der Waals surface area (Å²) in [5, 5.41) is 7.09. The second kappa shape index (κ2) is 10.0. The molecule has 0 radical (unpaired) electrons. The number of aliphatic imine (C=N–C) groups is 1. The molecule has 7 heteroatoms. The van der Waals surface area contributed by atoms with E-state index >= 15 is 0 Å². The van der Waals surface area contributed by atoms with Gasteiger partial charge in [-0.05, 0) is 44.7 Å². The molecule has 0 spiro atoms. The van der Waals surface area contributed by atoms with E-state index in [-0.39, 0.29) is 6.09 Å². The van der Waals surface area contributed by atoms with Crippen molar-refractivity contribution in [1.82, 2.24) is 15.5 Å². The summed E-state index contributed by atoms with van der Waals surface area (Å²) in [5.41, 5.74) is 0. The van der Waals surface area contributed by atoms with Crippen LogP contribution in [0.5, 0.6) is 0 Å². The average molecular weight is 374 g/mol. The van der Waals surface area contributed by atoms with Crippen LogP contribution in [-0.4, -0.2) is 55.3 Å². The van der Waals surface area contributed by atoms with Crippen molar-refractivity contribution in [3.63, 3.8) is 0 Å². The molecule has 1 fully saturated rings. The molecule has 1 aromatic heterocycles. The van der Waals surface area contributed by atoms with Gasteiger partial charge in [-0.3, -0.25) is 4.99 Å². The molecule has 0 atom stereocenters. The van der Waals surface area contributed by atoms with E-state index < -0.39 is 0 Å². The van der Waals surface area contributed by atoms with Gasteiger partial charge in [-0.15, -0.1) is 0 Å². The van der Waals surface area contributed by atoms with E-state index in [0.29, 0.717) is 38.3 Å². The van der Waals surface area contributed by atoms with Gasteiger partial charge < -0.3 is 24.7 Å². The van der Waals surface area contributed by atoms with Crippen molar-refractivity contribution in [2.24, 2.45) is 4.99 Å². The van der Waals surface area contributed by atoms with Crippen molar-refractivity contribution in [3.05, 3.63) is 36.3 Å². The lowest BCUT2D eigenvalue weighted by atomic mass is 10.1. The van der Waals surface area contributed by atoms with Crippen LogP contribution in [0.25, 0.3) is 0 Å². The smallest absolute Gasteiger partial charge is 0.409 e. The van der Waals surface area contributed by atoms with Crippen molar-refractivity contribution in [3.8, 4) is 0 Å². The van der Waals surface area contributed by atoms with Crippen LogP contribution in [0.4, 0.5) is 4.79 Å². The number of ether oxygens (including phenoxy) is 1. The predicted molar refractivity (Wildman–Crippen MR) is 105 cm³/mol. The Hall–Kier alpha value is -2.44. The molecular weight excluding hydrogens is 344 g/mol. The second-order valence-electron chi connectivity index (χ2n) is 6.95.